The van der Waals surface area contributed by atoms with Crippen molar-refractivity contribution in [1.29, 1.82) is 0 Å². The van der Waals surface area contributed by atoms with Crippen LogP contribution in [0.5, 0.6) is 10.8 Å². The summed E-state index contributed by atoms with van der Waals surface area (Å²) in [4.78, 5) is 23.3. The smallest absolute Gasteiger partial charge is 0.350 e. The van der Waals surface area contributed by atoms with Gasteiger partial charge in [-0.2, -0.15) is 0 Å². The van der Waals surface area contributed by atoms with Crippen molar-refractivity contribution in [2.45, 2.75) is 26.2 Å². The highest BCUT2D eigenvalue weighted by Crippen LogP contribution is 2.37. The fourth-order valence-corrected chi connectivity index (χ4v) is 3.06. The van der Waals surface area contributed by atoms with Crippen LogP contribution in [0.15, 0.2) is 29.6 Å². The summed E-state index contributed by atoms with van der Waals surface area (Å²) in [7, 11) is 0. The second-order valence-electron chi connectivity index (χ2n) is 5.86. The maximum Gasteiger partial charge on any atom is 0.350 e. The van der Waals surface area contributed by atoms with Gasteiger partial charge in [-0.1, -0.05) is 26.8 Å². The highest BCUT2D eigenvalue weighted by atomic mass is 32.1. The molecule has 0 saturated heterocycles. The molecule has 0 bridgehead atoms. The van der Waals surface area contributed by atoms with E-state index in [0.29, 0.717) is 10.8 Å². The highest BCUT2D eigenvalue weighted by Gasteiger charge is 2.33. The summed E-state index contributed by atoms with van der Waals surface area (Å²) >= 11 is 1.46. The van der Waals surface area contributed by atoms with Gasteiger partial charge >= 0.3 is 11.9 Å². The largest absolute Gasteiger partial charge is 0.446 e. The van der Waals surface area contributed by atoms with E-state index in [4.69, 9.17) is 4.74 Å². The molecule has 0 aliphatic carbocycles. The molecule has 1 aliphatic rings. The van der Waals surface area contributed by atoms with Crippen LogP contribution in [-0.2, 0) is 10.2 Å². The van der Waals surface area contributed by atoms with Gasteiger partial charge in [0.2, 0.25) is 0 Å². The zero-order chi connectivity index (χ0) is 15.2. The molecule has 0 fully saturated rings. The number of thiophene rings is 1. The fraction of sp³-hybridized carbons (Fsp3) is 0.250. The number of ether oxygens (including phenoxy) is 2. The highest BCUT2D eigenvalue weighted by molar-refractivity contribution is 7.12. The fourth-order valence-electron chi connectivity index (χ4n) is 2.06. The van der Waals surface area contributed by atoms with E-state index in [9.17, 15) is 9.59 Å². The first kappa shape index (κ1) is 13.8. The van der Waals surface area contributed by atoms with E-state index in [1.165, 1.54) is 11.3 Å². The molecule has 2 aromatic rings. The van der Waals surface area contributed by atoms with E-state index in [1.54, 1.807) is 18.2 Å². The summed E-state index contributed by atoms with van der Waals surface area (Å²) in [5, 5.41) is 2.71. The Morgan fingerprint density at radius 3 is 2.57 bits per heavy atom. The van der Waals surface area contributed by atoms with Crippen LogP contribution in [0, 0.1) is 0 Å². The second-order valence-corrected chi connectivity index (χ2v) is 6.74. The number of rotatable bonds is 2. The monoisotopic (exact) mass is 302 g/mol. The number of hydrogen-bond acceptors (Lipinski definition) is 5. The van der Waals surface area contributed by atoms with Crippen molar-refractivity contribution in [2.75, 3.05) is 0 Å². The normalized spacial score (nSPS) is 14.0. The Hall–Kier alpha value is -2.14. The third-order valence-electron chi connectivity index (χ3n) is 3.29. The average Bonchev–Trinajstić information content (AvgIpc) is 2.96. The first-order chi connectivity index (χ1) is 9.86. The molecule has 5 heteroatoms. The molecule has 1 aliphatic heterocycles. The van der Waals surface area contributed by atoms with Crippen LogP contribution in [0.25, 0.3) is 0 Å². The Morgan fingerprint density at radius 1 is 1.14 bits per heavy atom. The summed E-state index contributed by atoms with van der Waals surface area (Å²) in [6, 6.07) is 6.85. The van der Waals surface area contributed by atoms with E-state index >= 15 is 0 Å². The number of esters is 2. The molecule has 0 saturated carbocycles. The van der Waals surface area contributed by atoms with Crippen molar-refractivity contribution in [2.24, 2.45) is 0 Å². The van der Waals surface area contributed by atoms with Gasteiger partial charge in [0.05, 0.1) is 5.56 Å². The van der Waals surface area contributed by atoms with Gasteiger partial charge in [-0.15, -0.1) is 11.3 Å². The van der Waals surface area contributed by atoms with Crippen LogP contribution in [-0.4, -0.2) is 11.9 Å². The van der Waals surface area contributed by atoms with Crippen molar-refractivity contribution >= 4 is 23.3 Å². The Kier molecular flexibility index (Phi) is 3.10. The van der Waals surface area contributed by atoms with Crippen molar-refractivity contribution < 1.29 is 19.1 Å². The average molecular weight is 302 g/mol. The third-order valence-corrected chi connectivity index (χ3v) is 4.09. The summed E-state index contributed by atoms with van der Waals surface area (Å²) < 4.78 is 10.4. The Balaban J connectivity index is 1.95. The lowest BCUT2D eigenvalue weighted by molar-refractivity contribution is 0.0443. The van der Waals surface area contributed by atoms with E-state index in [0.717, 1.165) is 5.56 Å². The molecule has 0 radical (unpaired) electrons. The molecule has 21 heavy (non-hydrogen) atoms. The first-order valence-electron chi connectivity index (χ1n) is 6.52. The van der Waals surface area contributed by atoms with Crippen LogP contribution in [0.4, 0.5) is 0 Å². The molecule has 108 valence electrons. The Bertz CT molecular complexity index is 737. The number of carbonyl (C=O) groups excluding carboxylic acids is 2. The molecule has 3 rings (SSSR count). The number of hydrogen-bond donors (Lipinski definition) is 0. The van der Waals surface area contributed by atoms with Crippen molar-refractivity contribution in [3.05, 3.63) is 46.3 Å². The van der Waals surface area contributed by atoms with Gasteiger partial charge in [-0.25, -0.2) is 9.59 Å². The molecule has 0 spiro atoms. The molecular formula is C16H14O4S. The van der Waals surface area contributed by atoms with Crippen LogP contribution in [0.1, 0.15) is 47.1 Å². The van der Waals surface area contributed by atoms with E-state index in [-0.39, 0.29) is 16.5 Å². The molecule has 0 atom stereocenters. The maximum absolute atomic E-state index is 11.7. The zero-order valence-corrected chi connectivity index (χ0v) is 12.7. The zero-order valence-electron chi connectivity index (χ0n) is 11.9. The molecule has 0 N–H and O–H groups in total. The SMILES string of the molecule is CC(C)(C)c1csc(Oc2cccc3c2C(=O)OC3=O)c1. The number of carbonyl (C=O) groups is 2. The second kappa shape index (κ2) is 4.70. The molecular weight excluding hydrogens is 288 g/mol. The number of cyclic esters (lactones) is 2. The van der Waals surface area contributed by atoms with Gasteiger partial charge in [0.1, 0.15) is 11.3 Å². The van der Waals surface area contributed by atoms with Gasteiger partial charge in [0.15, 0.2) is 5.06 Å². The summed E-state index contributed by atoms with van der Waals surface area (Å²) in [6.07, 6.45) is 0. The summed E-state index contributed by atoms with van der Waals surface area (Å²) in [5.41, 5.74) is 1.65. The first-order valence-corrected chi connectivity index (χ1v) is 7.40. The van der Waals surface area contributed by atoms with Crippen molar-refractivity contribution in [1.82, 2.24) is 0 Å². The molecule has 0 amide bonds. The van der Waals surface area contributed by atoms with Crippen LogP contribution < -0.4 is 4.74 Å². The number of fused-ring (bicyclic) bond motifs is 1. The maximum atomic E-state index is 11.7. The quantitative estimate of drug-likeness (QED) is 0.618. The van der Waals surface area contributed by atoms with E-state index in [2.05, 4.69) is 25.5 Å². The van der Waals surface area contributed by atoms with Gasteiger partial charge in [-0.05, 0) is 34.6 Å². The lowest BCUT2D eigenvalue weighted by atomic mass is 9.89. The molecule has 2 heterocycles. The van der Waals surface area contributed by atoms with Crippen molar-refractivity contribution in [3.8, 4) is 10.8 Å². The Morgan fingerprint density at radius 2 is 1.90 bits per heavy atom. The molecule has 1 aromatic carbocycles. The molecule has 0 unspecified atom stereocenters. The minimum atomic E-state index is -0.654. The van der Waals surface area contributed by atoms with Crippen molar-refractivity contribution in [3.63, 3.8) is 0 Å². The standard InChI is InChI=1S/C16H14O4S/c1-16(2,3)9-7-12(21-8-9)19-11-6-4-5-10-13(11)15(18)20-14(10)17/h4-8H,1-3H3. The van der Waals surface area contributed by atoms with Gasteiger partial charge in [0.25, 0.3) is 0 Å². The number of benzene rings is 1. The topological polar surface area (TPSA) is 52.6 Å². The van der Waals surface area contributed by atoms with E-state index < -0.39 is 11.9 Å². The predicted molar refractivity (Wildman–Crippen MR) is 79.3 cm³/mol. The lowest BCUT2D eigenvalue weighted by Gasteiger charge is -2.15. The van der Waals surface area contributed by atoms with Gasteiger partial charge in [0, 0.05) is 0 Å². The van der Waals surface area contributed by atoms with Crippen LogP contribution in [0.3, 0.4) is 0 Å². The van der Waals surface area contributed by atoms with Gasteiger partial charge in [-0.3, -0.25) is 0 Å². The van der Waals surface area contributed by atoms with Gasteiger partial charge < -0.3 is 9.47 Å². The van der Waals surface area contributed by atoms with E-state index in [1.807, 2.05) is 11.4 Å². The summed E-state index contributed by atoms with van der Waals surface area (Å²) in [6.45, 7) is 6.36. The Labute approximate surface area is 126 Å². The summed E-state index contributed by atoms with van der Waals surface area (Å²) in [5.74, 6) is -0.925. The minimum Gasteiger partial charge on any atom is -0.446 e. The predicted octanol–water partition coefficient (Wildman–Crippen LogP) is 4.15. The third kappa shape index (κ3) is 2.45. The molecule has 4 nitrogen and oxygen atoms in total. The molecule has 1 aromatic heterocycles. The lowest BCUT2D eigenvalue weighted by Crippen LogP contribution is -2.08. The van der Waals surface area contributed by atoms with Crippen LogP contribution in [0.2, 0.25) is 0 Å². The van der Waals surface area contributed by atoms with Crippen LogP contribution >= 0.6 is 11.3 Å². The minimum absolute atomic E-state index is 0.0334.